The van der Waals surface area contributed by atoms with E-state index in [-0.39, 0.29) is 5.56 Å². The van der Waals surface area contributed by atoms with Crippen LogP contribution in [0.2, 0.25) is 0 Å². The standard InChI is InChI=1S/C9H8BrFO2/c1-2-5-3-4-6(11)7(8(5)10)9(12)13/h3-4H,2H2,1H3,(H,12,13). The lowest BCUT2D eigenvalue weighted by atomic mass is 10.1. The summed E-state index contributed by atoms with van der Waals surface area (Å²) in [6.07, 6.45) is 0.668. The molecule has 0 atom stereocenters. The zero-order valence-electron chi connectivity index (χ0n) is 6.97. The van der Waals surface area contributed by atoms with Crippen molar-refractivity contribution < 1.29 is 14.3 Å². The predicted octanol–water partition coefficient (Wildman–Crippen LogP) is 2.85. The van der Waals surface area contributed by atoms with Crippen LogP contribution in [0.5, 0.6) is 0 Å². The molecule has 0 spiro atoms. The van der Waals surface area contributed by atoms with Gasteiger partial charge in [0.25, 0.3) is 0 Å². The van der Waals surface area contributed by atoms with Crippen LogP contribution >= 0.6 is 15.9 Å². The fourth-order valence-electron chi connectivity index (χ4n) is 1.06. The van der Waals surface area contributed by atoms with Crippen molar-refractivity contribution in [2.45, 2.75) is 13.3 Å². The van der Waals surface area contributed by atoms with E-state index >= 15 is 0 Å². The molecule has 70 valence electrons. The van der Waals surface area contributed by atoms with E-state index in [1.165, 1.54) is 6.07 Å². The average molecular weight is 247 g/mol. The van der Waals surface area contributed by atoms with Gasteiger partial charge in [-0.2, -0.15) is 0 Å². The number of benzene rings is 1. The Kier molecular flexibility index (Phi) is 3.03. The second kappa shape index (κ2) is 3.87. The molecule has 2 nitrogen and oxygen atoms in total. The predicted molar refractivity (Wildman–Crippen MR) is 50.4 cm³/mol. The van der Waals surface area contributed by atoms with Crippen LogP contribution in [-0.4, -0.2) is 11.1 Å². The summed E-state index contributed by atoms with van der Waals surface area (Å²) in [5.41, 5.74) is 0.498. The molecule has 1 aromatic carbocycles. The van der Waals surface area contributed by atoms with Gasteiger partial charge >= 0.3 is 5.97 Å². The van der Waals surface area contributed by atoms with E-state index in [4.69, 9.17) is 5.11 Å². The summed E-state index contributed by atoms with van der Waals surface area (Å²) in [5, 5.41) is 8.70. The van der Waals surface area contributed by atoms with E-state index < -0.39 is 11.8 Å². The Hall–Kier alpha value is -0.900. The van der Waals surface area contributed by atoms with Crippen LogP contribution in [0.25, 0.3) is 0 Å². The lowest BCUT2D eigenvalue weighted by molar-refractivity contribution is 0.0690. The second-order valence-electron chi connectivity index (χ2n) is 2.55. The van der Waals surface area contributed by atoms with Gasteiger partial charge in [0.05, 0.1) is 0 Å². The highest BCUT2D eigenvalue weighted by molar-refractivity contribution is 9.10. The molecule has 0 aliphatic rings. The van der Waals surface area contributed by atoms with Gasteiger partial charge in [0.2, 0.25) is 0 Å². The maximum absolute atomic E-state index is 13.0. The van der Waals surface area contributed by atoms with Gasteiger partial charge in [-0.25, -0.2) is 9.18 Å². The van der Waals surface area contributed by atoms with Crippen molar-refractivity contribution in [2.24, 2.45) is 0 Å². The van der Waals surface area contributed by atoms with Gasteiger partial charge in [-0.05, 0) is 34.0 Å². The van der Waals surface area contributed by atoms with E-state index in [1.807, 2.05) is 6.92 Å². The number of carboxylic acids is 1. The minimum atomic E-state index is -1.25. The van der Waals surface area contributed by atoms with Gasteiger partial charge < -0.3 is 5.11 Å². The molecule has 0 bridgehead atoms. The lowest BCUT2D eigenvalue weighted by Gasteiger charge is -2.05. The number of halogens is 2. The zero-order valence-corrected chi connectivity index (χ0v) is 8.56. The first-order valence-corrected chi connectivity index (χ1v) is 4.57. The van der Waals surface area contributed by atoms with Crippen molar-refractivity contribution in [3.05, 3.63) is 33.5 Å². The SMILES string of the molecule is CCc1ccc(F)c(C(=O)O)c1Br. The van der Waals surface area contributed by atoms with Gasteiger partial charge in [0, 0.05) is 4.47 Å². The van der Waals surface area contributed by atoms with Crippen molar-refractivity contribution in [3.63, 3.8) is 0 Å². The minimum absolute atomic E-state index is 0.292. The number of aromatic carboxylic acids is 1. The third-order valence-corrected chi connectivity index (χ3v) is 2.67. The number of rotatable bonds is 2. The average Bonchev–Trinajstić information content (AvgIpc) is 2.04. The zero-order chi connectivity index (χ0) is 10.0. The fraction of sp³-hybridized carbons (Fsp3) is 0.222. The summed E-state index contributed by atoms with van der Waals surface area (Å²) < 4.78 is 13.3. The summed E-state index contributed by atoms with van der Waals surface area (Å²) in [6.45, 7) is 1.88. The van der Waals surface area contributed by atoms with E-state index in [2.05, 4.69) is 15.9 Å². The first-order valence-electron chi connectivity index (χ1n) is 3.78. The molecule has 1 rings (SSSR count). The van der Waals surface area contributed by atoms with Crippen LogP contribution in [-0.2, 0) is 6.42 Å². The number of carbonyl (C=O) groups is 1. The second-order valence-corrected chi connectivity index (χ2v) is 3.35. The highest BCUT2D eigenvalue weighted by Crippen LogP contribution is 2.24. The highest BCUT2D eigenvalue weighted by atomic mass is 79.9. The molecular formula is C9H8BrFO2. The summed E-state index contributed by atoms with van der Waals surface area (Å²) in [7, 11) is 0. The van der Waals surface area contributed by atoms with Crippen LogP contribution in [0.3, 0.4) is 0 Å². The van der Waals surface area contributed by atoms with Crippen molar-refractivity contribution in [1.82, 2.24) is 0 Å². The molecule has 0 fully saturated rings. The summed E-state index contributed by atoms with van der Waals surface area (Å²) in [4.78, 5) is 10.6. The van der Waals surface area contributed by atoms with Gasteiger partial charge in [-0.15, -0.1) is 0 Å². The Bertz CT molecular complexity index is 350. The molecule has 0 unspecified atom stereocenters. The molecule has 13 heavy (non-hydrogen) atoms. The Morgan fingerprint density at radius 1 is 1.62 bits per heavy atom. The first kappa shape index (κ1) is 10.2. The quantitative estimate of drug-likeness (QED) is 0.872. The number of aryl methyl sites for hydroxylation is 1. The van der Waals surface area contributed by atoms with Crippen molar-refractivity contribution >= 4 is 21.9 Å². The third-order valence-electron chi connectivity index (χ3n) is 1.77. The van der Waals surface area contributed by atoms with Gasteiger partial charge in [-0.3, -0.25) is 0 Å². The van der Waals surface area contributed by atoms with E-state index in [1.54, 1.807) is 6.07 Å². The molecular weight excluding hydrogens is 239 g/mol. The van der Waals surface area contributed by atoms with Gasteiger partial charge in [0.15, 0.2) is 0 Å². The molecule has 4 heteroatoms. The summed E-state index contributed by atoms with van der Waals surface area (Å²) in [6, 6.07) is 2.75. The number of hydrogen-bond donors (Lipinski definition) is 1. The van der Waals surface area contributed by atoms with Crippen LogP contribution in [0.4, 0.5) is 4.39 Å². The van der Waals surface area contributed by atoms with Crippen LogP contribution in [0.1, 0.15) is 22.8 Å². The highest BCUT2D eigenvalue weighted by Gasteiger charge is 2.16. The van der Waals surface area contributed by atoms with E-state index in [9.17, 15) is 9.18 Å². The molecule has 0 radical (unpaired) electrons. The Morgan fingerprint density at radius 3 is 2.69 bits per heavy atom. The Labute approximate surface area is 83.5 Å². The lowest BCUT2D eigenvalue weighted by Crippen LogP contribution is -2.03. The topological polar surface area (TPSA) is 37.3 Å². The normalized spacial score (nSPS) is 10.1. The molecule has 0 amide bonds. The van der Waals surface area contributed by atoms with Crippen molar-refractivity contribution in [3.8, 4) is 0 Å². The summed E-state index contributed by atoms with van der Waals surface area (Å²) >= 11 is 3.07. The molecule has 0 aliphatic heterocycles. The minimum Gasteiger partial charge on any atom is -0.478 e. The van der Waals surface area contributed by atoms with E-state index in [0.717, 1.165) is 5.56 Å². The Morgan fingerprint density at radius 2 is 2.23 bits per heavy atom. The van der Waals surface area contributed by atoms with Crippen LogP contribution in [0.15, 0.2) is 16.6 Å². The third kappa shape index (κ3) is 1.88. The molecule has 1 N–H and O–H groups in total. The van der Waals surface area contributed by atoms with Gasteiger partial charge in [-0.1, -0.05) is 13.0 Å². The Balaban J connectivity index is 3.38. The molecule has 0 saturated carbocycles. The van der Waals surface area contributed by atoms with Crippen molar-refractivity contribution in [1.29, 1.82) is 0 Å². The first-order chi connectivity index (χ1) is 6.07. The maximum Gasteiger partial charge on any atom is 0.339 e. The molecule has 0 aromatic heterocycles. The molecule has 0 aliphatic carbocycles. The van der Waals surface area contributed by atoms with Crippen molar-refractivity contribution in [2.75, 3.05) is 0 Å². The van der Waals surface area contributed by atoms with E-state index in [0.29, 0.717) is 10.9 Å². The molecule has 0 heterocycles. The van der Waals surface area contributed by atoms with Crippen LogP contribution < -0.4 is 0 Å². The summed E-state index contributed by atoms with van der Waals surface area (Å²) in [5.74, 6) is -1.96. The molecule has 0 saturated heterocycles. The largest absolute Gasteiger partial charge is 0.478 e. The van der Waals surface area contributed by atoms with Gasteiger partial charge in [0.1, 0.15) is 11.4 Å². The number of hydrogen-bond acceptors (Lipinski definition) is 1. The fourth-order valence-corrected chi connectivity index (χ4v) is 1.84. The monoisotopic (exact) mass is 246 g/mol. The van der Waals surface area contributed by atoms with Crippen LogP contribution in [0, 0.1) is 5.82 Å². The smallest absolute Gasteiger partial charge is 0.339 e. The maximum atomic E-state index is 13.0. The number of carboxylic acid groups (broad SMARTS) is 1. The molecule has 1 aromatic rings.